The second-order valence-corrected chi connectivity index (χ2v) is 4.51. The van der Waals surface area contributed by atoms with E-state index in [4.69, 9.17) is 10.5 Å². The number of anilines is 4. The third kappa shape index (κ3) is 4.52. The molecule has 0 atom stereocenters. The fraction of sp³-hybridized carbons (Fsp3) is 0.333. The quantitative estimate of drug-likeness (QED) is 0.726. The summed E-state index contributed by atoms with van der Waals surface area (Å²) in [4.78, 5) is 8.34. The molecule has 0 saturated carbocycles. The summed E-state index contributed by atoms with van der Waals surface area (Å²) < 4.78 is 5.47. The highest BCUT2D eigenvalue weighted by Gasteiger charge is 2.03. The van der Waals surface area contributed by atoms with E-state index in [1.807, 2.05) is 37.3 Å². The minimum atomic E-state index is 0.236. The molecule has 0 saturated heterocycles. The molecule has 2 rings (SSSR count). The zero-order chi connectivity index (χ0) is 15.1. The number of hydrogen-bond acceptors (Lipinski definition) is 6. The van der Waals surface area contributed by atoms with Crippen LogP contribution in [0.2, 0.25) is 0 Å². The maximum Gasteiger partial charge on any atom is 0.223 e. The van der Waals surface area contributed by atoms with Gasteiger partial charge in [0.05, 0.1) is 6.61 Å². The van der Waals surface area contributed by atoms with Crippen LogP contribution in [0.3, 0.4) is 0 Å². The molecule has 0 unspecified atom stereocenters. The first-order valence-corrected chi connectivity index (χ1v) is 7.09. The molecule has 0 aliphatic heterocycles. The fourth-order valence-electron chi connectivity index (χ4n) is 1.85. The molecule has 0 radical (unpaired) electrons. The molecule has 0 amide bonds. The second kappa shape index (κ2) is 7.33. The van der Waals surface area contributed by atoms with Crippen molar-refractivity contribution >= 4 is 23.3 Å². The topological polar surface area (TPSA) is 85.1 Å². The number of rotatable bonds is 7. The third-order valence-electron chi connectivity index (χ3n) is 2.72. The van der Waals surface area contributed by atoms with Crippen LogP contribution in [0, 0.1) is 0 Å². The minimum Gasteiger partial charge on any atom is -0.494 e. The largest absolute Gasteiger partial charge is 0.494 e. The van der Waals surface area contributed by atoms with Crippen molar-refractivity contribution in [2.75, 3.05) is 29.5 Å². The maximum atomic E-state index is 5.74. The van der Waals surface area contributed by atoms with Crippen LogP contribution in [0.1, 0.15) is 20.3 Å². The number of nitrogen functional groups attached to an aromatic ring is 1. The predicted octanol–water partition coefficient (Wildman–Crippen LogP) is 3.02. The average molecular weight is 287 g/mol. The Morgan fingerprint density at radius 3 is 2.71 bits per heavy atom. The zero-order valence-corrected chi connectivity index (χ0v) is 12.4. The van der Waals surface area contributed by atoms with Crippen LogP contribution in [0.15, 0.2) is 30.3 Å². The van der Waals surface area contributed by atoms with Gasteiger partial charge in [-0.25, -0.2) is 0 Å². The summed E-state index contributed by atoms with van der Waals surface area (Å²) in [5.41, 5.74) is 6.62. The lowest BCUT2D eigenvalue weighted by Gasteiger charge is -2.10. The van der Waals surface area contributed by atoms with Crippen LogP contribution < -0.4 is 21.1 Å². The second-order valence-electron chi connectivity index (χ2n) is 4.51. The minimum absolute atomic E-state index is 0.236. The van der Waals surface area contributed by atoms with Gasteiger partial charge in [-0.05, 0) is 25.5 Å². The fourth-order valence-corrected chi connectivity index (χ4v) is 1.85. The number of benzene rings is 1. The number of ether oxygens (including phenoxy) is 1. The van der Waals surface area contributed by atoms with Gasteiger partial charge in [0, 0.05) is 24.4 Å². The molecule has 21 heavy (non-hydrogen) atoms. The van der Waals surface area contributed by atoms with Crippen molar-refractivity contribution in [3.8, 4) is 5.75 Å². The summed E-state index contributed by atoms with van der Waals surface area (Å²) in [7, 11) is 0. The molecule has 0 aliphatic rings. The van der Waals surface area contributed by atoms with Gasteiger partial charge in [0.1, 0.15) is 17.4 Å². The van der Waals surface area contributed by atoms with Crippen molar-refractivity contribution < 1.29 is 4.74 Å². The molecular formula is C15H21N5O. The van der Waals surface area contributed by atoms with Gasteiger partial charge in [-0.3, -0.25) is 0 Å². The van der Waals surface area contributed by atoms with E-state index in [0.717, 1.165) is 24.4 Å². The molecular weight excluding hydrogens is 266 g/mol. The summed E-state index contributed by atoms with van der Waals surface area (Å²) in [6.45, 7) is 5.53. The molecule has 1 aromatic heterocycles. The van der Waals surface area contributed by atoms with Crippen LogP contribution in [0.25, 0.3) is 0 Å². The lowest BCUT2D eigenvalue weighted by Crippen LogP contribution is -2.06. The van der Waals surface area contributed by atoms with Gasteiger partial charge >= 0.3 is 0 Å². The number of nitrogens with one attached hydrogen (secondary N) is 2. The predicted molar refractivity (Wildman–Crippen MR) is 86.1 cm³/mol. The Labute approximate surface area is 124 Å². The molecule has 1 heterocycles. The Morgan fingerprint density at radius 2 is 1.95 bits per heavy atom. The van der Waals surface area contributed by atoms with E-state index >= 15 is 0 Å². The van der Waals surface area contributed by atoms with E-state index in [1.54, 1.807) is 0 Å². The van der Waals surface area contributed by atoms with E-state index in [2.05, 4.69) is 27.5 Å². The summed E-state index contributed by atoms with van der Waals surface area (Å²) in [6, 6.07) is 9.53. The molecule has 112 valence electrons. The molecule has 6 nitrogen and oxygen atoms in total. The van der Waals surface area contributed by atoms with Gasteiger partial charge in [-0.2, -0.15) is 9.97 Å². The van der Waals surface area contributed by atoms with Crippen LogP contribution in [-0.2, 0) is 0 Å². The molecule has 4 N–H and O–H groups in total. The van der Waals surface area contributed by atoms with E-state index in [-0.39, 0.29) is 5.95 Å². The number of hydrogen-bond donors (Lipinski definition) is 3. The van der Waals surface area contributed by atoms with E-state index < -0.39 is 0 Å². The molecule has 0 spiro atoms. The standard InChI is InChI=1S/C15H21N5O/c1-3-8-17-13-10-14(20-15(16)19-13)18-11-6-5-7-12(9-11)21-4-2/h5-7,9-10H,3-4,8H2,1-2H3,(H4,16,17,18,19,20). The average Bonchev–Trinajstić information content (AvgIpc) is 2.45. The van der Waals surface area contributed by atoms with Gasteiger partial charge < -0.3 is 21.1 Å². The lowest BCUT2D eigenvalue weighted by molar-refractivity contribution is 0.340. The number of aromatic nitrogens is 2. The van der Waals surface area contributed by atoms with Gasteiger partial charge in [0.15, 0.2) is 0 Å². The molecule has 6 heteroatoms. The van der Waals surface area contributed by atoms with Crippen molar-refractivity contribution in [2.24, 2.45) is 0 Å². The Hall–Kier alpha value is -2.50. The summed E-state index contributed by atoms with van der Waals surface area (Å²) >= 11 is 0. The lowest BCUT2D eigenvalue weighted by atomic mass is 10.3. The zero-order valence-electron chi connectivity index (χ0n) is 12.4. The molecule has 2 aromatic rings. The van der Waals surface area contributed by atoms with Crippen molar-refractivity contribution in [3.63, 3.8) is 0 Å². The van der Waals surface area contributed by atoms with Crippen LogP contribution in [0.4, 0.5) is 23.3 Å². The molecule has 0 aliphatic carbocycles. The van der Waals surface area contributed by atoms with Gasteiger partial charge in [-0.1, -0.05) is 13.0 Å². The Bertz CT molecular complexity index is 588. The van der Waals surface area contributed by atoms with E-state index in [0.29, 0.717) is 18.2 Å². The smallest absolute Gasteiger partial charge is 0.223 e. The van der Waals surface area contributed by atoms with Crippen molar-refractivity contribution in [1.82, 2.24) is 9.97 Å². The maximum absolute atomic E-state index is 5.74. The normalized spacial score (nSPS) is 10.2. The summed E-state index contributed by atoms with van der Waals surface area (Å²) in [5.74, 6) is 2.41. The van der Waals surface area contributed by atoms with E-state index in [9.17, 15) is 0 Å². The Balaban J connectivity index is 2.14. The van der Waals surface area contributed by atoms with Crippen LogP contribution >= 0.6 is 0 Å². The van der Waals surface area contributed by atoms with Gasteiger partial charge in [0.2, 0.25) is 5.95 Å². The van der Waals surface area contributed by atoms with Crippen molar-refractivity contribution in [2.45, 2.75) is 20.3 Å². The summed E-state index contributed by atoms with van der Waals surface area (Å²) in [6.07, 6.45) is 1.02. The highest BCUT2D eigenvalue weighted by molar-refractivity contribution is 5.62. The highest BCUT2D eigenvalue weighted by Crippen LogP contribution is 2.22. The summed E-state index contributed by atoms with van der Waals surface area (Å²) in [5, 5.41) is 6.41. The first-order valence-electron chi connectivity index (χ1n) is 7.09. The van der Waals surface area contributed by atoms with Crippen molar-refractivity contribution in [3.05, 3.63) is 30.3 Å². The third-order valence-corrected chi connectivity index (χ3v) is 2.72. The van der Waals surface area contributed by atoms with Crippen LogP contribution in [-0.4, -0.2) is 23.1 Å². The molecule has 1 aromatic carbocycles. The van der Waals surface area contributed by atoms with Gasteiger partial charge in [-0.15, -0.1) is 0 Å². The Morgan fingerprint density at radius 1 is 1.14 bits per heavy atom. The Kier molecular flexibility index (Phi) is 5.20. The molecule has 0 bridgehead atoms. The highest BCUT2D eigenvalue weighted by atomic mass is 16.5. The number of nitrogens with zero attached hydrogens (tertiary/aromatic N) is 2. The van der Waals surface area contributed by atoms with E-state index in [1.165, 1.54) is 0 Å². The number of nitrogens with two attached hydrogens (primary N) is 1. The SMILES string of the molecule is CCCNc1cc(Nc2cccc(OCC)c2)nc(N)n1. The first kappa shape index (κ1) is 14.9. The monoisotopic (exact) mass is 287 g/mol. The first-order chi connectivity index (χ1) is 10.2. The molecule has 0 fully saturated rings. The van der Waals surface area contributed by atoms with Crippen molar-refractivity contribution in [1.29, 1.82) is 0 Å². The van der Waals surface area contributed by atoms with Crippen LogP contribution in [0.5, 0.6) is 5.75 Å². The van der Waals surface area contributed by atoms with Gasteiger partial charge in [0.25, 0.3) is 0 Å².